The fourth-order valence-corrected chi connectivity index (χ4v) is 1.54. The molecule has 11 nitrogen and oxygen atoms in total. The highest BCUT2D eigenvalue weighted by atomic mass is 31.2. The lowest BCUT2D eigenvalue weighted by atomic mass is 10.1. The number of ketones is 1. The number of carbonyl (C=O) groups is 1. The molecule has 13 heteroatoms. The first-order valence-electron chi connectivity index (χ1n) is 4.71. The van der Waals surface area contributed by atoms with Crippen LogP contribution >= 0.6 is 15.6 Å². The highest BCUT2D eigenvalue weighted by Crippen LogP contribution is 2.36. The van der Waals surface area contributed by atoms with Gasteiger partial charge in [0.2, 0.25) is 0 Å². The van der Waals surface area contributed by atoms with Crippen molar-refractivity contribution in [2.45, 2.75) is 18.6 Å². The Labute approximate surface area is 107 Å². The molecule has 0 heterocycles. The van der Waals surface area contributed by atoms with Gasteiger partial charge in [-0.3, -0.25) is 13.8 Å². The van der Waals surface area contributed by atoms with Gasteiger partial charge in [-0.25, -0.2) is 9.13 Å². The molecule has 0 aliphatic carbocycles. The number of aliphatic hydroxyl groups is 2. The predicted molar refractivity (Wildman–Crippen MR) is 57.6 cm³/mol. The molecule has 0 fully saturated rings. The summed E-state index contributed by atoms with van der Waals surface area (Å²) in [6, 6.07) is 0. The van der Waals surface area contributed by atoms with Crippen molar-refractivity contribution in [1.29, 1.82) is 0 Å². The first-order valence-corrected chi connectivity index (χ1v) is 7.77. The zero-order valence-corrected chi connectivity index (χ0v) is 11.2. The molecule has 0 rings (SSSR count). The van der Waals surface area contributed by atoms with E-state index < -0.39 is 53.3 Å². The number of hydrogen-bond donors (Lipinski definition) is 6. The van der Waals surface area contributed by atoms with Crippen molar-refractivity contribution in [2.24, 2.45) is 0 Å². The van der Waals surface area contributed by atoms with Crippen molar-refractivity contribution in [2.75, 3.05) is 13.2 Å². The number of rotatable bonds is 9. The van der Waals surface area contributed by atoms with Crippen LogP contribution < -0.4 is 0 Å². The van der Waals surface area contributed by atoms with Crippen molar-refractivity contribution in [3.8, 4) is 0 Å². The fourth-order valence-electron chi connectivity index (χ4n) is 0.898. The molecule has 0 bridgehead atoms. The molecule has 0 saturated heterocycles. The standard InChI is InChI=1S/C6H14O11P2/c7-4(1-2-16-18(10,11)12)6(9)5(8)3-17-19(13,14)15/h4,6-7,9H,1-3H2,(H2,10,11,12)(H2,13,14,15)/t4-,6+/m1/s1. The van der Waals surface area contributed by atoms with E-state index in [2.05, 4.69) is 9.05 Å². The van der Waals surface area contributed by atoms with Gasteiger partial charge in [0.1, 0.15) is 12.7 Å². The molecule has 0 aliphatic rings. The van der Waals surface area contributed by atoms with Gasteiger partial charge >= 0.3 is 15.6 Å². The van der Waals surface area contributed by atoms with Gasteiger partial charge in [-0.15, -0.1) is 0 Å². The molecule has 0 saturated carbocycles. The van der Waals surface area contributed by atoms with Crippen LogP contribution in [-0.2, 0) is 23.0 Å². The van der Waals surface area contributed by atoms with Crippen LogP contribution in [0.1, 0.15) is 6.42 Å². The van der Waals surface area contributed by atoms with Crippen molar-refractivity contribution in [3.05, 3.63) is 0 Å². The van der Waals surface area contributed by atoms with E-state index in [4.69, 9.17) is 19.6 Å². The normalized spacial score (nSPS) is 16.1. The lowest BCUT2D eigenvalue weighted by molar-refractivity contribution is -0.135. The number of Topliss-reactive ketones (excluding diaryl/α,β-unsaturated/α-hetero) is 1. The van der Waals surface area contributed by atoms with E-state index in [1.807, 2.05) is 0 Å². The number of phosphoric ester groups is 2. The first kappa shape index (κ1) is 18.8. The van der Waals surface area contributed by atoms with Gasteiger partial charge in [-0.05, 0) is 0 Å². The van der Waals surface area contributed by atoms with Crippen LogP contribution in [0.5, 0.6) is 0 Å². The third-order valence-corrected chi connectivity index (χ3v) is 2.73. The predicted octanol–water partition coefficient (Wildman–Crippen LogP) is -2.11. The van der Waals surface area contributed by atoms with Gasteiger partial charge in [0.25, 0.3) is 0 Å². The smallest absolute Gasteiger partial charge is 0.390 e. The Morgan fingerprint density at radius 2 is 1.47 bits per heavy atom. The number of phosphoric acid groups is 2. The van der Waals surface area contributed by atoms with Crippen LogP contribution in [0.3, 0.4) is 0 Å². The van der Waals surface area contributed by atoms with E-state index in [1.54, 1.807) is 0 Å². The van der Waals surface area contributed by atoms with E-state index in [9.17, 15) is 24.1 Å². The van der Waals surface area contributed by atoms with Crippen molar-refractivity contribution in [1.82, 2.24) is 0 Å². The van der Waals surface area contributed by atoms with E-state index >= 15 is 0 Å². The van der Waals surface area contributed by atoms with Gasteiger partial charge in [0.05, 0.1) is 12.7 Å². The van der Waals surface area contributed by atoms with Gasteiger partial charge < -0.3 is 29.8 Å². The number of carbonyl (C=O) groups excluding carboxylic acids is 1. The van der Waals surface area contributed by atoms with Crippen LogP contribution in [0.2, 0.25) is 0 Å². The Bertz CT molecular complexity index is 383. The summed E-state index contributed by atoms with van der Waals surface area (Å²) in [5, 5.41) is 18.5. The van der Waals surface area contributed by atoms with E-state index in [0.29, 0.717) is 0 Å². The van der Waals surface area contributed by atoms with Gasteiger partial charge in [-0.2, -0.15) is 0 Å². The third-order valence-electron chi connectivity index (χ3n) is 1.74. The summed E-state index contributed by atoms with van der Waals surface area (Å²) in [4.78, 5) is 44.4. The molecule has 0 amide bonds. The lowest BCUT2D eigenvalue weighted by Crippen LogP contribution is -2.36. The Kier molecular flexibility index (Phi) is 7.48. The van der Waals surface area contributed by atoms with E-state index in [0.717, 1.165) is 0 Å². The molecule has 0 aliphatic heterocycles. The second-order valence-corrected chi connectivity index (χ2v) is 5.83. The van der Waals surface area contributed by atoms with Crippen LogP contribution in [0.4, 0.5) is 0 Å². The van der Waals surface area contributed by atoms with Crippen molar-refractivity contribution in [3.63, 3.8) is 0 Å². The highest BCUT2D eigenvalue weighted by molar-refractivity contribution is 7.46. The SMILES string of the molecule is O=C(COP(=O)(O)O)[C@@H](O)[C@H](O)CCOP(=O)(O)O. The summed E-state index contributed by atoms with van der Waals surface area (Å²) in [5.74, 6) is -1.20. The van der Waals surface area contributed by atoms with Crippen LogP contribution in [0.15, 0.2) is 0 Å². The summed E-state index contributed by atoms with van der Waals surface area (Å²) in [7, 11) is -9.59. The summed E-state index contributed by atoms with van der Waals surface area (Å²) >= 11 is 0. The molecule has 0 unspecified atom stereocenters. The molecular weight excluding hydrogens is 310 g/mol. The minimum atomic E-state index is -4.87. The van der Waals surface area contributed by atoms with E-state index in [-0.39, 0.29) is 0 Å². The first-order chi connectivity index (χ1) is 8.42. The largest absolute Gasteiger partial charge is 0.470 e. The minimum Gasteiger partial charge on any atom is -0.390 e. The Morgan fingerprint density at radius 1 is 1.00 bits per heavy atom. The molecule has 0 spiro atoms. The highest BCUT2D eigenvalue weighted by Gasteiger charge is 2.27. The quantitative estimate of drug-likeness (QED) is 0.254. The number of aliphatic hydroxyl groups excluding tert-OH is 2. The molecule has 19 heavy (non-hydrogen) atoms. The monoisotopic (exact) mass is 324 g/mol. The average molecular weight is 324 g/mol. The topological polar surface area (TPSA) is 191 Å². The molecule has 0 aromatic heterocycles. The zero-order chi connectivity index (χ0) is 15.3. The maximum Gasteiger partial charge on any atom is 0.470 e. The second-order valence-electron chi connectivity index (χ2n) is 3.35. The summed E-state index contributed by atoms with van der Waals surface area (Å²) in [6.07, 6.45) is -4.22. The Morgan fingerprint density at radius 3 is 1.89 bits per heavy atom. The average Bonchev–Trinajstić information content (AvgIpc) is 2.21. The summed E-state index contributed by atoms with van der Waals surface area (Å²) in [5.41, 5.74) is 0. The van der Waals surface area contributed by atoms with Crippen molar-refractivity contribution >= 4 is 21.4 Å². The Balaban J connectivity index is 4.11. The zero-order valence-electron chi connectivity index (χ0n) is 9.39. The van der Waals surface area contributed by atoms with Gasteiger partial charge in [0.15, 0.2) is 5.78 Å². The molecule has 0 aromatic rings. The third kappa shape index (κ3) is 10.3. The minimum absolute atomic E-state index is 0.478. The molecule has 114 valence electrons. The molecular formula is C6H14O11P2. The fraction of sp³-hybridized carbons (Fsp3) is 0.833. The van der Waals surface area contributed by atoms with E-state index in [1.165, 1.54) is 0 Å². The van der Waals surface area contributed by atoms with Gasteiger partial charge in [-0.1, -0.05) is 0 Å². The van der Waals surface area contributed by atoms with Crippen LogP contribution in [0.25, 0.3) is 0 Å². The number of hydrogen-bond acceptors (Lipinski definition) is 7. The molecule has 2 atom stereocenters. The lowest BCUT2D eigenvalue weighted by Gasteiger charge is -2.16. The summed E-state index contributed by atoms with van der Waals surface area (Å²) < 4.78 is 28.3. The summed E-state index contributed by atoms with van der Waals surface area (Å²) in [6.45, 7) is -1.75. The maximum absolute atomic E-state index is 11.1. The van der Waals surface area contributed by atoms with Gasteiger partial charge in [0, 0.05) is 6.42 Å². The molecule has 6 N–H and O–H groups in total. The Hall–Kier alpha value is -0.190. The molecule has 0 radical (unpaired) electrons. The molecule has 0 aromatic carbocycles. The van der Waals surface area contributed by atoms with Crippen LogP contribution in [0, 0.1) is 0 Å². The maximum atomic E-state index is 11.1. The second kappa shape index (κ2) is 7.55. The van der Waals surface area contributed by atoms with Crippen LogP contribution in [-0.4, -0.2) is 61.0 Å². The van der Waals surface area contributed by atoms with Crippen molar-refractivity contribution < 1.29 is 52.8 Å².